The first-order valence-corrected chi connectivity index (χ1v) is 6.77. The summed E-state index contributed by atoms with van der Waals surface area (Å²) < 4.78 is 26.7. The number of sulfonamides is 1. The number of nitrogens with zero attached hydrogens (tertiary/aromatic N) is 4. The molecule has 0 saturated heterocycles. The molecule has 1 aromatic heterocycles. The van der Waals surface area contributed by atoms with Gasteiger partial charge >= 0.3 is 0 Å². The largest absolute Gasteiger partial charge is 0.242 e. The highest BCUT2D eigenvalue weighted by atomic mass is 32.2. The van der Waals surface area contributed by atoms with E-state index in [1.54, 1.807) is 19.1 Å². The molecular weight excluding hydrogens is 268 g/mol. The lowest BCUT2D eigenvalue weighted by Gasteiger charge is -2.11. The van der Waals surface area contributed by atoms with E-state index in [0.717, 1.165) is 0 Å². The van der Waals surface area contributed by atoms with Crippen molar-refractivity contribution in [3.63, 3.8) is 0 Å². The van der Waals surface area contributed by atoms with Gasteiger partial charge in [-0.3, -0.25) is 0 Å². The maximum absolute atomic E-state index is 12.2. The third-order valence-electron chi connectivity index (χ3n) is 2.38. The highest BCUT2D eigenvalue weighted by molar-refractivity contribution is 7.89. The average Bonchev–Trinajstić information content (AvgIpc) is 2.92. The minimum Gasteiger partial charge on any atom is -0.207 e. The van der Waals surface area contributed by atoms with Crippen molar-refractivity contribution in [2.24, 2.45) is 0 Å². The van der Waals surface area contributed by atoms with Crippen LogP contribution >= 0.6 is 0 Å². The van der Waals surface area contributed by atoms with Crippen LogP contribution < -0.4 is 4.72 Å². The molecule has 0 saturated carbocycles. The van der Waals surface area contributed by atoms with Gasteiger partial charge in [0, 0.05) is 0 Å². The number of hydrogen-bond acceptors (Lipinski definition) is 6. The van der Waals surface area contributed by atoms with Crippen LogP contribution in [0, 0.1) is 11.3 Å². The van der Waals surface area contributed by atoms with Crippen LogP contribution in [0.3, 0.4) is 0 Å². The maximum atomic E-state index is 12.2. The monoisotopic (exact) mass is 278 g/mol. The molecule has 9 heteroatoms. The van der Waals surface area contributed by atoms with E-state index < -0.39 is 16.1 Å². The van der Waals surface area contributed by atoms with E-state index in [4.69, 9.17) is 5.26 Å². The SMILES string of the molecule is CC(NS(=O)(=O)c1ccccc1C#N)c1nn[nH]n1. The Morgan fingerprint density at radius 3 is 2.79 bits per heavy atom. The number of benzene rings is 1. The standard InChI is InChI=1S/C10H10N6O2S/c1-7(10-12-15-16-13-10)14-19(17,18)9-5-3-2-4-8(9)6-11/h2-5,7,14H,1H3,(H,12,13,15,16). The van der Waals surface area contributed by atoms with Gasteiger partial charge in [-0.15, -0.1) is 10.2 Å². The Hall–Kier alpha value is -2.31. The molecular formula is C10H10N6O2S. The van der Waals surface area contributed by atoms with Gasteiger partial charge in [-0.2, -0.15) is 10.5 Å². The van der Waals surface area contributed by atoms with Crippen molar-refractivity contribution in [3.05, 3.63) is 35.7 Å². The molecule has 1 unspecified atom stereocenters. The number of tetrazole rings is 1. The van der Waals surface area contributed by atoms with E-state index in [1.165, 1.54) is 12.1 Å². The van der Waals surface area contributed by atoms with Crippen molar-refractivity contribution in [3.8, 4) is 6.07 Å². The van der Waals surface area contributed by atoms with Crippen LogP contribution in [0.5, 0.6) is 0 Å². The quantitative estimate of drug-likeness (QED) is 0.817. The molecule has 2 aromatic rings. The van der Waals surface area contributed by atoms with Crippen molar-refractivity contribution < 1.29 is 8.42 Å². The van der Waals surface area contributed by atoms with Crippen molar-refractivity contribution in [2.75, 3.05) is 0 Å². The molecule has 0 aliphatic carbocycles. The molecule has 0 aliphatic heterocycles. The van der Waals surface area contributed by atoms with Gasteiger partial charge in [0.25, 0.3) is 0 Å². The van der Waals surface area contributed by atoms with E-state index in [-0.39, 0.29) is 16.3 Å². The number of H-pyrrole nitrogens is 1. The lowest BCUT2D eigenvalue weighted by atomic mass is 10.2. The summed E-state index contributed by atoms with van der Waals surface area (Å²) in [6.45, 7) is 1.58. The second-order valence-electron chi connectivity index (χ2n) is 3.72. The van der Waals surface area contributed by atoms with Gasteiger partial charge in [0.05, 0.1) is 16.5 Å². The average molecular weight is 278 g/mol. The van der Waals surface area contributed by atoms with Gasteiger partial charge in [-0.25, -0.2) is 13.1 Å². The highest BCUT2D eigenvalue weighted by Gasteiger charge is 2.23. The maximum Gasteiger partial charge on any atom is 0.242 e. The summed E-state index contributed by atoms with van der Waals surface area (Å²) >= 11 is 0. The first kappa shape index (κ1) is 13.1. The van der Waals surface area contributed by atoms with Crippen LogP contribution in [0.1, 0.15) is 24.4 Å². The molecule has 2 N–H and O–H groups in total. The molecule has 0 fully saturated rings. The summed E-state index contributed by atoms with van der Waals surface area (Å²) in [6, 6.07) is 7.13. The number of nitrogens with one attached hydrogen (secondary N) is 2. The lowest BCUT2D eigenvalue weighted by Crippen LogP contribution is -2.28. The molecule has 0 aliphatic rings. The number of rotatable bonds is 4. The first-order chi connectivity index (χ1) is 9.04. The van der Waals surface area contributed by atoms with Crippen LogP contribution in [-0.2, 0) is 10.0 Å². The van der Waals surface area contributed by atoms with Crippen LogP contribution in [0.4, 0.5) is 0 Å². The van der Waals surface area contributed by atoms with E-state index in [1.807, 2.05) is 6.07 Å². The number of aromatic nitrogens is 4. The fourth-order valence-electron chi connectivity index (χ4n) is 1.50. The van der Waals surface area contributed by atoms with Gasteiger partial charge in [-0.05, 0) is 19.1 Å². The summed E-state index contributed by atoms with van der Waals surface area (Å²) in [6.07, 6.45) is 0. The second kappa shape index (κ2) is 5.13. The number of hydrogen-bond donors (Lipinski definition) is 2. The number of nitriles is 1. The van der Waals surface area contributed by atoms with E-state index in [0.29, 0.717) is 0 Å². The third-order valence-corrected chi connectivity index (χ3v) is 3.98. The number of aromatic amines is 1. The molecule has 2 rings (SSSR count). The van der Waals surface area contributed by atoms with Crippen molar-refractivity contribution >= 4 is 10.0 Å². The Balaban J connectivity index is 2.31. The zero-order valence-corrected chi connectivity index (χ0v) is 10.7. The second-order valence-corrected chi connectivity index (χ2v) is 5.40. The van der Waals surface area contributed by atoms with E-state index in [9.17, 15) is 8.42 Å². The Labute approximate surface area is 109 Å². The molecule has 98 valence electrons. The third kappa shape index (κ3) is 2.75. The topological polar surface area (TPSA) is 124 Å². The van der Waals surface area contributed by atoms with Crippen molar-refractivity contribution in [1.29, 1.82) is 5.26 Å². The normalized spacial score (nSPS) is 12.8. The Morgan fingerprint density at radius 2 is 2.16 bits per heavy atom. The predicted octanol–water partition coefficient (Wildman–Crippen LogP) is 0.111. The van der Waals surface area contributed by atoms with Gasteiger partial charge < -0.3 is 0 Å². The minimum absolute atomic E-state index is 0.0761. The molecule has 0 amide bonds. The summed E-state index contributed by atoms with van der Waals surface area (Å²) in [5.74, 6) is 0.220. The minimum atomic E-state index is -3.82. The van der Waals surface area contributed by atoms with E-state index >= 15 is 0 Å². The van der Waals surface area contributed by atoms with E-state index in [2.05, 4.69) is 25.3 Å². The fourth-order valence-corrected chi connectivity index (χ4v) is 2.85. The van der Waals surface area contributed by atoms with Gasteiger partial charge in [0.1, 0.15) is 6.07 Å². The summed E-state index contributed by atoms with van der Waals surface area (Å²) in [5, 5.41) is 21.9. The summed E-state index contributed by atoms with van der Waals surface area (Å²) in [4.78, 5) is -0.0761. The van der Waals surface area contributed by atoms with Crippen LogP contribution in [-0.4, -0.2) is 29.0 Å². The molecule has 0 bridgehead atoms. The van der Waals surface area contributed by atoms with Gasteiger partial charge in [0.2, 0.25) is 10.0 Å². The van der Waals surface area contributed by atoms with Crippen LogP contribution in [0.25, 0.3) is 0 Å². The zero-order chi connectivity index (χ0) is 13.9. The molecule has 1 heterocycles. The van der Waals surface area contributed by atoms with Gasteiger partial charge in [-0.1, -0.05) is 17.3 Å². The van der Waals surface area contributed by atoms with Crippen molar-refractivity contribution in [1.82, 2.24) is 25.3 Å². The Morgan fingerprint density at radius 1 is 1.42 bits per heavy atom. The van der Waals surface area contributed by atoms with Crippen LogP contribution in [0.15, 0.2) is 29.2 Å². The molecule has 1 atom stereocenters. The van der Waals surface area contributed by atoms with Crippen molar-refractivity contribution in [2.45, 2.75) is 17.9 Å². The fraction of sp³-hybridized carbons (Fsp3) is 0.200. The van der Waals surface area contributed by atoms with Gasteiger partial charge in [0.15, 0.2) is 5.82 Å². The smallest absolute Gasteiger partial charge is 0.207 e. The summed E-state index contributed by atoms with van der Waals surface area (Å²) in [7, 11) is -3.82. The molecule has 0 spiro atoms. The van der Waals surface area contributed by atoms with Crippen LogP contribution in [0.2, 0.25) is 0 Å². The Kier molecular flexibility index (Phi) is 3.55. The zero-order valence-electron chi connectivity index (χ0n) is 9.90. The molecule has 19 heavy (non-hydrogen) atoms. The lowest BCUT2D eigenvalue weighted by molar-refractivity contribution is 0.559. The molecule has 1 aromatic carbocycles. The molecule has 8 nitrogen and oxygen atoms in total. The Bertz CT molecular complexity index is 704. The highest BCUT2D eigenvalue weighted by Crippen LogP contribution is 2.17. The first-order valence-electron chi connectivity index (χ1n) is 5.29. The summed E-state index contributed by atoms with van der Waals surface area (Å²) in [5.41, 5.74) is 0.0790. The molecule has 0 radical (unpaired) electrons. The predicted molar refractivity (Wildman–Crippen MR) is 64.1 cm³/mol.